The van der Waals surface area contributed by atoms with Crippen molar-refractivity contribution >= 4 is 46.0 Å². The molecule has 4 N–H and O–H groups in total. The van der Waals surface area contributed by atoms with E-state index >= 15 is 0 Å². The Balaban J connectivity index is 1.91. The van der Waals surface area contributed by atoms with Crippen LogP contribution >= 0.6 is 24.4 Å². The molecule has 0 radical (unpaired) electrons. The van der Waals surface area contributed by atoms with Crippen LogP contribution in [0.2, 0.25) is 0 Å². The Kier molecular flexibility index (Phi) is 7.63. The van der Waals surface area contributed by atoms with Gasteiger partial charge in [0.25, 0.3) is 0 Å². The van der Waals surface area contributed by atoms with Crippen LogP contribution in [0, 0.1) is 0 Å². The van der Waals surface area contributed by atoms with Gasteiger partial charge in [-0.15, -0.1) is 0 Å². The number of thiocarbonyl (C=S) groups is 2. The van der Waals surface area contributed by atoms with E-state index in [4.69, 9.17) is 24.4 Å². The number of benzene rings is 2. The van der Waals surface area contributed by atoms with E-state index in [1.807, 2.05) is 38.1 Å². The average molecular weight is 373 g/mol. The third kappa shape index (κ3) is 6.68. The smallest absolute Gasteiger partial charge is 0.170 e. The van der Waals surface area contributed by atoms with Crippen molar-refractivity contribution in [1.82, 2.24) is 10.6 Å². The molecule has 25 heavy (non-hydrogen) atoms. The summed E-state index contributed by atoms with van der Waals surface area (Å²) in [5.41, 5.74) is 4.49. The number of anilines is 2. The van der Waals surface area contributed by atoms with Crippen molar-refractivity contribution in [2.24, 2.45) is 0 Å². The Bertz CT molecular complexity index is 635. The highest BCUT2D eigenvalue weighted by Gasteiger charge is 2.01. The first-order valence-corrected chi connectivity index (χ1v) is 9.20. The highest BCUT2D eigenvalue weighted by molar-refractivity contribution is 7.80. The van der Waals surface area contributed by atoms with E-state index in [2.05, 4.69) is 45.5 Å². The van der Waals surface area contributed by atoms with Crippen LogP contribution in [0.4, 0.5) is 11.4 Å². The third-order valence-corrected chi connectivity index (χ3v) is 4.00. The zero-order valence-electron chi connectivity index (χ0n) is 14.6. The summed E-state index contributed by atoms with van der Waals surface area (Å²) in [7, 11) is 0. The van der Waals surface area contributed by atoms with Crippen molar-refractivity contribution in [3.05, 3.63) is 59.7 Å². The van der Waals surface area contributed by atoms with Crippen molar-refractivity contribution < 1.29 is 0 Å². The SMILES string of the molecule is CCNC(=S)Nc1ccc(Cc2ccc(NC(=S)NCC)cc2)cc1. The van der Waals surface area contributed by atoms with E-state index < -0.39 is 0 Å². The molecule has 0 unspecified atom stereocenters. The van der Waals surface area contributed by atoms with Crippen molar-refractivity contribution in [3.63, 3.8) is 0 Å². The van der Waals surface area contributed by atoms with Gasteiger partial charge in [-0.1, -0.05) is 24.3 Å². The zero-order valence-corrected chi connectivity index (χ0v) is 16.2. The van der Waals surface area contributed by atoms with Gasteiger partial charge in [-0.3, -0.25) is 0 Å². The quantitative estimate of drug-likeness (QED) is 0.577. The Labute approximate surface area is 160 Å². The maximum Gasteiger partial charge on any atom is 0.170 e. The molecule has 0 saturated carbocycles. The predicted octanol–water partition coefficient (Wildman–Crippen LogP) is 3.89. The van der Waals surface area contributed by atoms with Crippen molar-refractivity contribution in [1.29, 1.82) is 0 Å². The van der Waals surface area contributed by atoms with Crippen LogP contribution in [0.3, 0.4) is 0 Å². The zero-order chi connectivity index (χ0) is 18.1. The normalized spacial score (nSPS) is 10.0. The van der Waals surface area contributed by atoms with Crippen LogP contribution in [0.15, 0.2) is 48.5 Å². The first kappa shape index (κ1) is 19.1. The molecule has 0 aromatic heterocycles. The lowest BCUT2D eigenvalue weighted by molar-refractivity contribution is 0.979. The highest BCUT2D eigenvalue weighted by atomic mass is 32.1. The standard InChI is InChI=1S/C19H24N4S2/c1-3-20-18(24)22-16-9-5-14(6-10-16)13-15-7-11-17(12-8-15)23-19(25)21-4-2/h5-12H,3-4,13H2,1-2H3,(H2,20,22,24)(H2,21,23,25). The van der Waals surface area contributed by atoms with Gasteiger partial charge in [-0.2, -0.15) is 0 Å². The first-order chi connectivity index (χ1) is 12.1. The molecule has 4 nitrogen and oxygen atoms in total. The highest BCUT2D eigenvalue weighted by Crippen LogP contribution is 2.16. The van der Waals surface area contributed by atoms with Gasteiger partial charge < -0.3 is 21.3 Å². The lowest BCUT2D eigenvalue weighted by atomic mass is 10.0. The van der Waals surface area contributed by atoms with Crippen LogP contribution in [0.1, 0.15) is 25.0 Å². The Morgan fingerprint density at radius 3 is 1.36 bits per heavy atom. The Morgan fingerprint density at radius 1 is 0.680 bits per heavy atom. The minimum absolute atomic E-state index is 0.647. The first-order valence-electron chi connectivity index (χ1n) is 8.38. The van der Waals surface area contributed by atoms with Gasteiger partial charge in [-0.25, -0.2) is 0 Å². The van der Waals surface area contributed by atoms with Crippen molar-refractivity contribution in [2.75, 3.05) is 23.7 Å². The summed E-state index contributed by atoms with van der Waals surface area (Å²) >= 11 is 10.4. The van der Waals surface area contributed by atoms with Gasteiger partial charge in [0.15, 0.2) is 10.2 Å². The van der Waals surface area contributed by atoms with Gasteiger partial charge in [0.05, 0.1) is 0 Å². The van der Waals surface area contributed by atoms with Crippen LogP contribution in [-0.4, -0.2) is 23.3 Å². The largest absolute Gasteiger partial charge is 0.363 e. The van der Waals surface area contributed by atoms with Gasteiger partial charge >= 0.3 is 0 Å². The third-order valence-electron chi connectivity index (χ3n) is 3.51. The van der Waals surface area contributed by atoms with Crippen molar-refractivity contribution in [3.8, 4) is 0 Å². The lowest BCUT2D eigenvalue weighted by Gasteiger charge is -2.10. The van der Waals surface area contributed by atoms with Crippen molar-refractivity contribution in [2.45, 2.75) is 20.3 Å². The summed E-state index contributed by atoms with van der Waals surface area (Å²) in [6, 6.07) is 16.6. The fraction of sp³-hybridized carbons (Fsp3) is 0.263. The van der Waals surface area contributed by atoms with Gasteiger partial charge in [0, 0.05) is 24.5 Å². The van der Waals surface area contributed by atoms with Crippen LogP contribution < -0.4 is 21.3 Å². The van der Waals surface area contributed by atoms with Gasteiger partial charge in [0.2, 0.25) is 0 Å². The van der Waals surface area contributed by atoms with E-state index in [0.29, 0.717) is 10.2 Å². The molecule has 0 atom stereocenters. The second-order valence-corrected chi connectivity index (χ2v) is 6.36. The molecule has 2 rings (SSSR count). The van der Waals surface area contributed by atoms with E-state index in [9.17, 15) is 0 Å². The van der Waals surface area contributed by atoms with E-state index in [0.717, 1.165) is 30.9 Å². The minimum atomic E-state index is 0.647. The second kappa shape index (κ2) is 9.96. The monoisotopic (exact) mass is 372 g/mol. The van der Waals surface area contributed by atoms with Crippen LogP contribution in [0.25, 0.3) is 0 Å². The van der Waals surface area contributed by atoms with Crippen LogP contribution in [0.5, 0.6) is 0 Å². The molecule has 0 heterocycles. The number of hydrogen-bond donors (Lipinski definition) is 4. The topological polar surface area (TPSA) is 48.1 Å². The molecule has 0 bridgehead atoms. The van der Waals surface area contributed by atoms with Gasteiger partial charge in [-0.05, 0) is 80.1 Å². The molecule has 2 aromatic carbocycles. The second-order valence-electron chi connectivity index (χ2n) is 5.54. The van der Waals surface area contributed by atoms with Crippen LogP contribution in [-0.2, 0) is 6.42 Å². The number of hydrogen-bond acceptors (Lipinski definition) is 2. The number of rotatable bonds is 6. The Morgan fingerprint density at radius 2 is 1.04 bits per heavy atom. The molecule has 0 amide bonds. The summed E-state index contributed by atoms with van der Waals surface area (Å²) in [6.45, 7) is 5.67. The van der Waals surface area contributed by atoms with E-state index in [-0.39, 0.29) is 0 Å². The molecule has 2 aromatic rings. The predicted molar refractivity (Wildman–Crippen MR) is 115 cm³/mol. The lowest BCUT2D eigenvalue weighted by Crippen LogP contribution is -2.27. The number of nitrogens with one attached hydrogen (secondary N) is 4. The summed E-state index contributed by atoms with van der Waals surface area (Å²) in [5.74, 6) is 0. The molecule has 0 spiro atoms. The molecule has 6 heteroatoms. The molecular formula is C19H24N4S2. The summed E-state index contributed by atoms with van der Waals surface area (Å²) in [4.78, 5) is 0. The minimum Gasteiger partial charge on any atom is -0.363 e. The molecular weight excluding hydrogens is 348 g/mol. The Hall–Kier alpha value is -2.18. The molecule has 0 saturated heterocycles. The summed E-state index contributed by atoms with van der Waals surface area (Å²) in [5, 5.41) is 13.8. The molecule has 0 aliphatic heterocycles. The van der Waals surface area contributed by atoms with E-state index in [1.165, 1.54) is 11.1 Å². The molecule has 132 valence electrons. The fourth-order valence-electron chi connectivity index (χ4n) is 2.32. The maximum absolute atomic E-state index is 5.19. The molecule has 0 aliphatic rings. The van der Waals surface area contributed by atoms with E-state index in [1.54, 1.807) is 0 Å². The molecule has 0 fully saturated rings. The average Bonchev–Trinajstić information content (AvgIpc) is 2.59. The van der Waals surface area contributed by atoms with Gasteiger partial charge in [0.1, 0.15) is 0 Å². The summed E-state index contributed by atoms with van der Waals surface area (Å²) in [6.07, 6.45) is 0.885. The maximum atomic E-state index is 5.19. The fourth-order valence-corrected chi connectivity index (χ4v) is 2.84. The molecule has 0 aliphatic carbocycles. The summed E-state index contributed by atoms with van der Waals surface area (Å²) < 4.78 is 0.